The fraction of sp³-hybridized carbons (Fsp3) is 0.500. The number of carbonyl (C=O) groups is 1. The predicted molar refractivity (Wildman–Crippen MR) is 55.8 cm³/mol. The van der Waals surface area contributed by atoms with Crippen LogP contribution in [0.15, 0.2) is 16.5 Å². The highest BCUT2D eigenvalue weighted by Crippen LogP contribution is 2.15. The van der Waals surface area contributed by atoms with E-state index < -0.39 is 5.97 Å². The van der Waals surface area contributed by atoms with Gasteiger partial charge in [-0.25, -0.2) is 4.79 Å². The molecule has 0 saturated heterocycles. The molecule has 4 N–H and O–H groups in total. The van der Waals surface area contributed by atoms with Gasteiger partial charge in [0.15, 0.2) is 0 Å². The van der Waals surface area contributed by atoms with Gasteiger partial charge in [0.05, 0.1) is 6.04 Å². The summed E-state index contributed by atoms with van der Waals surface area (Å²) < 4.78 is 5.14. The zero-order chi connectivity index (χ0) is 11.3. The SMILES string of the molecule is CC(NCCCN)c1ccc(C(=O)O)o1. The molecule has 0 aromatic carbocycles. The van der Waals surface area contributed by atoms with Crippen LogP contribution in [0.25, 0.3) is 0 Å². The molecular weight excluding hydrogens is 196 g/mol. The van der Waals surface area contributed by atoms with Gasteiger partial charge in [-0.15, -0.1) is 0 Å². The van der Waals surface area contributed by atoms with E-state index in [0.717, 1.165) is 13.0 Å². The van der Waals surface area contributed by atoms with E-state index in [4.69, 9.17) is 15.3 Å². The highest BCUT2D eigenvalue weighted by molar-refractivity contribution is 5.84. The molecule has 0 fully saturated rings. The molecule has 1 heterocycles. The molecule has 0 saturated carbocycles. The van der Waals surface area contributed by atoms with Crippen molar-refractivity contribution in [1.82, 2.24) is 5.32 Å². The minimum atomic E-state index is -1.05. The third-order valence-electron chi connectivity index (χ3n) is 2.10. The zero-order valence-electron chi connectivity index (χ0n) is 8.69. The Morgan fingerprint density at radius 3 is 2.93 bits per heavy atom. The zero-order valence-corrected chi connectivity index (χ0v) is 8.69. The second-order valence-corrected chi connectivity index (χ2v) is 3.33. The summed E-state index contributed by atoms with van der Waals surface area (Å²) in [6.45, 7) is 3.35. The first-order valence-corrected chi connectivity index (χ1v) is 4.91. The van der Waals surface area contributed by atoms with E-state index in [2.05, 4.69) is 5.32 Å². The second kappa shape index (κ2) is 5.53. The second-order valence-electron chi connectivity index (χ2n) is 3.33. The van der Waals surface area contributed by atoms with Crippen LogP contribution in [0.1, 0.15) is 35.7 Å². The Kier molecular flexibility index (Phi) is 4.33. The summed E-state index contributed by atoms with van der Waals surface area (Å²) in [4.78, 5) is 10.6. The summed E-state index contributed by atoms with van der Waals surface area (Å²) in [5, 5.41) is 11.8. The van der Waals surface area contributed by atoms with E-state index in [0.29, 0.717) is 12.3 Å². The number of carboxylic acids is 1. The summed E-state index contributed by atoms with van der Waals surface area (Å²) in [7, 11) is 0. The summed E-state index contributed by atoms with van der Waals surface area (Å²) >= 11 is 0. The predicted octanol–water partition coefficient (Wildman–Crippen LogP) is 0.977. The van der Waals surface area contributed by atoms with Gasteiger partial charge in [0, 0.05) is 0 Å². The Hall–Kier alpha value is -1.33. The van der Waals surface area contributed by atoms with Gasteiger partial charge in [-0.1, -0.05) is 0 Å². The Morgan fingerprint density at radius 1 is 1.67 bits per heavy atom. The minimum Gasteiger partial charge on any atom is -0.475 e. The molecule has 15 heavy (non-hydrogen) atoms. The van der Waals surface area contributed by atoms with E-state index in [1.807, 2.05) is 6.92 Å². The topological polar surface area (TPSA) is 88.5 Å². The molecule has 1 unspecified atom stereocenters. The average Bonchev–Trinajstić information content (AvgIpc) is 2.66. The molecule has 5 heteroatoms. The number of rotatable bonds is 6. The Morgan fingerprint density at radius 2 is 2.40 bits per heavy atom. The van der Waals surface area contributed by atoms with Gasteiger partial charge in [0.1, 0.15) is 5.76 Å². The van der Waals surface area contributed by atoms with Gasteiger partial charge in [0.2, 0.25) is 5.76 Å². The van der Waals surface area contributed by atoms with Gasteiger partial charge < -0.3 is 20.6 Å². The van der Waals surface area contributed by atoms with Gasteiger partial charge in [-0.2, -0.15) is 0 Å². The van der Waals surface area contributed by atoms with Crippen molar-refractivity contribution >= 4 is 5.97 Å². The van der Waals surface area contributed by atoms with E-state index in [1.54, 1.807) is 6.07 Å². The molecule has 0 spiro atoms. The Bertz CT molecular complexity index is 322. The highest BCUT2D eigenvalue weighted by Gasteiger charge is 2.13. The molecule has 84 valence electrons. The molecule has 0 aliphatic rings. The number of aromatic carboxylic acids is 1. The maximum Gasteiger partial charge on any atom is 0.371 e. The van der Waals surface area contributed by atoms with Crippen LogP contribution in [0, 0.1) is 0 Å². The standard InChI is InChI=1S/C10H16N2O3/c1-7(12-6-2-5-11)8-3-4-9(15-8)10(13)14/h3-4,7,12H,2,5-6,11H2,1H3,(H,13,14). The quantitative estimate of drug-likeness (QED) is 0.612. The number of nitrogens with one attached hydrogen (secondary N) is 1. The van der Waals surface area contributed by atoms with Crippen molar-refractivity contribution in [1.29, 1.82) is 0 Å². The molecule has 1 aromatic heterocycles. The van der Waals surface area contributed by atoms with E-state index in [-0.39, 0.29) is 11.8 Å². The lowest BCUT2D eigenvalue weighted by Crippen LogP contribution is -2.21. The molecule has 1 rings (SSSR count). The number of carboxylic acid groups (broad SMARTS) is 1. The maximum absolute atomic E-state index is 10.6. The van der Waals surface area contributed by atoms with Crippen LogP contribution >= 0.6 is 0 Å². The minimum absolute atomic E-state index is 0.00431. The van der Waals surface area contributed by atoms with Crippen LogP contribution in [0.3, 0.4) is 0 Å². The van der Waals surface area contributed by atoms with E-state index in [9.17, 15) is 4.79 Å². The van der Waals surface area contributed by atoms with E-state index in [1.165, 1.54) is 6.07 Å². The average molecular weight is 212 g/mol. The third kappa shape index (κ3) is 3.38. The molecule has 0 radical (unpaired) electrons. The highest BCUT2D eigenvalue weighted by atomic mass is 16.4. The van der Waals surface area contributed by atoms with Crippen molar-refractivity contribution < 1.29 is 14.3 Å². The van der Waals surface area contributed by atoms with E-state index >= 15 is 0 Å². The Labute approximate surface area is 88.3 Å². The normalized spacial score (nSPS) is 12.7. The fourth-order valence-electron chi connectivity index (χ4n) is 1.22. The molecule has 0 aliphatic heterocycles. The number of hydrogen-bond donors (Lipinski definition) is 3. The number of furan rings is 1. The first-order chi connectivity index (χ1) is 7.15. The van der Waals surface area contributed by atoms with Crippen molar-refractivity contribution in [3.63, 3.8) is 0 Å². The van der Waals surface area contributed by atoms with Crippen LogP contribution in [0.5, 0.6) is 0 Å². The largest absolute Gasteiger partial charge is 0.475 e. The summed E-state index contributed by atoms with van der Waals surface area (Å²) in [5.41, 5.74) is 5.36. The first kappa shape index (κ1) is 11.7. The number of hydrogen-bond acceptors (Lipinski definition) is 4. The monoisotopic (exact) mass is 212 g/mol. The lowest BCUT2D eigenvalue weighted by atomic mass is 10.2. The summed E-state index contributed by atoms with van der Waals surface area (Å²) in [6.07, 6.45) is 0.886. The van der Waals surface area contributed by atoms with Crippen molar-refractivity contribution in [3.8, 4) is 0 Å². The molecule has 0 aliphatic carbocycles. The lowest BCUT2D eigenvalue weighted by Gasteiger charge is -2.10. The molecule has 1 aromatic rings. The molecule has 0 amide bonds. The smallest absolute Gasteiger partial charge is 0.371 e. The summed E-state index contributed by atoms with van der Waals surface area (Å²) in [5.74, 6) is -0.447. The van der Waals surface area contributed by atoms with Crippen LogP contribution in [-0.4, -0.2) is 24.2 Å². The third-order valence-corrected chi connectivity index (χ3v) is 2.10. The van der Waals surface area contributed by atoms with Crippen LogP contribution in [0.2, 0.25) is 0 Å². The van der Waals surface area contributed by atoms with Crippen LogP contribution in [-0.2, 0) is 0 Å². The molecule has 5 nitrogen and oxygen atoms in total. The number of nitrogens with two attached hydrogens (primary N) is 1. The lowest BCUT2D eigenvalue weighted by molar-refractivity contribution is 0.0659. The van der Waals surface area contributed by atoms with Crippen molar-refractivity contribution in [2.75, 3.05) is 13.1 Å². The van der Waals surface area contributed by atoms with Gasteiger partial charge in [-0.3, -0.25) is 0 Å². The molecule has 0 bridgehead atoms. The van der Waals surface area contributed by atoms with Gasteiger partial charge in [-0.05, 0) is 38.6 Å². The van der Waals surface area contributed by atoms with Gasteiger partial charge >= 0.3 is 5.97 Å². The fourth-order valence-corrected chi connectivity index (χ4v) is 1.22. The first-order valence-electron chi connectivity index (χ1n) is 4.91. The van der Waals surface area contributed by atoms with Crippen molar-refractivity contribution in [2.45, 2.75) is 19.4 Å². The molecular formula is C10H16N2O3. The summed E-state index contributed by atoms with van der Waals surface area (Å²) in [6, 6.07) is 3.13. The van der Waals surface area contributed by atoms with Gasteiger partial charge in [0.25, 0.3) is 0 Å². The Balaban J connectivity index is 2.50. The maximum atomic E-state index is 10.6. The van der Waals surface area contributed by atoms with Crippen LogP contribution < -0.4 is 11.1 Å². The molecule has 1 atom stereocenters. The van der Waals surface area contributed by atoms with Crippen molar-refractivity contribution in [3.05, 3.63) is 23.7 Å². The van der Waals surface area contributed by atoms with Crippen molar-refractivity contribution in [2.24, 2.45) is 5.73 Å². The van der Waals surface area contributed by atoms with Crippen LogP contribution in [0.4, 0.5) is 0 Å².